The zero-order chi connectivity index (χ0) is 20.4. The minimum atomic E-state index is -0.426. The molecule has 0 saturated heterocycles. The predicted molar refractivity (Wildman–Crippen MR) is 110 cm³/mol. The number of hydrogen-bond donors (Lipinski definition) is 1. The quantitative estimate of drug-likeness (QED) is 0.450. The Kier molecular flexibility index (Phi) is 4.96. The van der Waals surface area contributed by atoms with E-state index in [1.54, 1.807) is 49.4 Å². The SMILES string of the molecule is Cc1ccc(C(=O)CNc2c(C(=O)c3ccccc3)oc3ccccc23)cc1F. The van der Waals surface area contributed by atoms with Gasteiger partial charge in [0.2, 0.25) is 5.78 Å². The van der Waals surface area contributed by atoms with Gasteiger partial charge in [-0.3, -0.25) is 9.59 Å². The number of carbonyl (C=O) groups excluding carboxylic acids is 2. The van der Waals surface area contributed by atoms with Crippen LogP contribution < -0.4 is 5.32 Å². The van der Waals surface area contributed by atoms with Crippen LogP contribution >= 0.6 is 0 Å². The summed E-state index contributed by atoms with van der Waals surface area (Å²) in [6.07, 6.45) is 0. The van der Waals surface area contributed by atoms with Crippen LogP contribution in [-0.2, 0) is 0 Å². The number of ketones is 2. The van der Waals surface area contributed by atoms with Crippen LogP contribution in [0.3, 0.4) is 0 Å². The maximum atomic E-state index is 13.8. The van der Waals surface area contributed by atoms with Gasteiger partial charge in [-0.05, 0) is 30.7 Å². The van der Waals surface area contributed by atoms with Crippen LogP contribution in [0.5, 0.6) is 0 Å². The summed E-state index contributed by atoms with van der Waals surface area (Å²) in [5, 5.41) is 3.74. The van der Waals surface area contributed by atoms with E-state index in [0.29, 0.717) is 27.8 Å². The van der Waals surface area contributed by atoms with Crippen molar-refractivity contribution in [2.75, 3.05) is 11.9 Å². The van der Waals surface area contributed by atoms with Crippen LogP contribution in [0, 0.1) is 12.7 Å². The molecule has 4 nitrogen and oxygen atoms in total. The second-order valence-corrected chi connectivity index (χ2v) is 6.74. The van der Waals surface area contributed by atoms with Crippen LogP contribution in [0.4, 0.5) is 10.1 Å². The number of nitrogens with one attached hydrogen (secondary N) is 1. The van der Waals surface area contributed by atoms with Crippen molar-refractivity contribution < 1.29 is 18.4 Å². The molecule has 1 heterocycles. The van der Waals surface area contributed by atoms with E-state index in [4.69, 9.17) is 4.42 Å². The van der Waals surface area contributed by atoms with E-state index in [2.05, 4.69) is 5.32 Å². The third-order valence-corrected chi connectivity index (χ3v) is 4.76. The average molecular weight is 387 g/mol. The van der Waals surface area contributed by atoms with E-state index in [0.717, 1.165) is 0 Å². The Balaban J connectivity index is 1.66. The Morgan fingerprint density at radius 1 is 0.931 bits per heavy atom. The lowest BCUT2D eigenvalue weighted by Crippen LogP contribution is -2.16. The number of fused-ring (bicyclic) bond motifs is 1. The van der Waals surface area contributed by atoms with Crippen LogP contribution in [0.1, 0.15) is 32.0 Å². The fraction of sp³-hybridized carbons (Fsp3) is 0.0833. The van der Waals surface area contributed by atoms with Crippen molar-refractivity contribution in [2.45, 2.75) is 6.92 Å². The van der Waals surface area contributed by atoms with Gasteiger partial charge in [-0.25, -0.2) is 4.39 Å². The summed E-state index contributed by atoms with van der Waals surface area (Å²) < 4.78 is 19.6. The fourth-order valence-corrected chi connectivity index (χ4v) is 3.14. The summed E-state index contributed by atoms with van der Waals surface area (Å²) in [6, 6.07) is 20.4. The highest BCUT2D eigenvalue weighted by Gasteiger charge is 2.22. The Bertz CT molecular complexity index is 1210. The van der Waals surface area contributed by atoms with E-state index in [-0.39, 0.29) is 29.4 Å². The second-order valence-electron chi connectivity index (χ2n) is 6.74. The number of halogens is 1. The Hall–Kier alpha value is -3.73. The third-order valence-electron chi connectivity index (χ3n) is 4.76. The number of benzene rings is 3. The number of Topliss-reactive ketones (excluding diaryl/α,β-unsaturated/α-hetero) is 1. The van der Waals surface area contributed by atoms with Gasteiger partial charge in [-0.15, -0.1) is 0 Å². The van der Waals surface area contributed by atoms with Gasteiger partial charge >= 0.3 is 0 Å². The normalized spacial score (nSPS) is 10.8. The predicted octanol–water partition coefficient (Wildman–Crippen LogP) is 5.41. The number of furan rings is 1. The number of hydrogen-bond acceptors (Lipinski definition) is 4. The Morgan fingerprint density at radius 2 is 1.66 bits per heavy atom. The summed E-state index contributed by atoms with van der Waals surface area (Å²) >= 11 is 0. The zero-order valence-corrected chi connectivity index (χ0v) is 15.7. The summed E-state index contributed by atoms with van der Waals surface area (Å²) in [6.45, 7) is 1.54. The first-order chi connectivity index (χ1) is 14.0. The number of rotatable bonds is 6. The molecule has 144 valence electrons. The highest BCUT2D eigenvalue weighted by Crippen LogP contribution is 2.32. The monoisotopic (exact) mass is 387 g/mol. The molecule has 4 aromatic rings. The molecule has 0 bridgehead atoms. The van der Waals surface area contributed by atoms with Gasteiger partial charge in [0.1, 0.15) is 11.4 Å². The third kappa shape index (κ3) is 3.67. The minimum Gasteiger partial charge on any atom is -0.450 e. The van der Waals surface area contributed by atoms with Gasteiger partial charge < -0.3 is 9.73 Å². The van der Waals surface area contributed by atoms with Crippen molar-refractivity contribution in [3.8, 4) is 0 Å². The van der Waals surface area contributed by atoms with E-state index < -0.39 is 5.82 Å². The topological polar surface area (TPSA) is 59.3 Å². The van der Waals surface area contributed by atoms with E-state index in [1.807, 2.05) is 24.3 Å². The first kappa shape index (κ1) is 18.6. The first-order valence-electron chi connectivity index (χ1n) is 9.19. The van der Waals surface area contributed by atoms with Crippen molar-refractivity contribution in [3.05, 3.63) is 101 Å². The summed E-state index contributed by atoms with van der Waals surface area (Å²) in [5.41, 5.74) is 2.23. The lowest BCUT2D eigenvalue weighted by atomic mass is 10.1. The van der Waals surface area contributed by atoms with Crippen molar-refractivity contribution in [3.63, 3.8) is 0 Å². The smallest absolute Gasteiger partial charge is 0.230 e. The molecule has 0 aliphatic heterocycles. The van der Waals surface area contributed by atoms with Crippen LogP contribution in [0.15, 0.2) is 77.2 Å². The number of aryl methyl sites for hydroxylation is 1. The first-order valence-corrected chi connectivity index (χ1v) is 9.19. The number of carbonyl (C=O) groups is 2. The summed E-state index contributed by atoms with van der Waals surface area (Å²) in [4.78, 5) is 25.5. The van der Waals surface area contributed by atoms with Gasteiger partial charge in [0.05, 0.1) is 12.2 Å². The van der Waals surface area contributed by atoms with Gasteiger partial charge in [-0.2, -0.15) is 0 Å². The van der Waals surface area contributed by atoms with Crippen molar-refractivity contribution in [2.24, 2.45) is 0 Å². The van der Waals surface area contributed by atoms with Crippen molar-refractivity contribution in [1.29, 1.82) is 0 Å². The van der Waals surface area contributed by atoms with E-state index in [1.165, 1.54) is 6.07 Å². The molecule has 0 aliphatic rings. The second kappa shape index (κ2) is 7.72. The van der Waals surface area contributed by atoms with Crippen LogP contribution in [0.25, 0.3) is 11.0 Å². The lowest BCUT2D eigenvalue weighted by Gasteiger charge is -2.07. The highest BCUT2D eigenvalue weighted by molar-refractivity contribution is 6.15. The molecule has 0 radical (unpaired) electrons. The Morgan fingerprint density at radius 3 is 2.41 bits per heavy atom. The van der Waals surface area contributed by atoms with Crippen molar-refractivity contribution >= 4 is 28.2 Å². The summed E-state index contributed by atoms with van der Waals surface area (Å²) in [7, 11) is 0. The minimum absolute atomic E-state index is 0.0961. The number of anilines is 1. The number of para-hydroxylation sites is 1. The molecule has 1 N–H and O–H groups in total. The maximum Gasteiger partial charge on any atom is 0.230 e. The van der Waals surface area contributed by atoms with Gasteiger partial charge in [0.15, 0.2) is 11.5 Å². The van der Waals surface area contributed by atoms with Crippen molar-refractivity contribution in [1.82, 2.24) is 0 Å². The molecular formula is C24H18FNO3. The largest absolute Gasteiger partial charge is 0.450 e. The van der Waals surface area contributed by atoms with E-state index in [9.17, 15) is 14.0 Å². The fourth-order valence-electron chi connectivity index (χ4n) is 3.14. The zero-order valence-electron chi connectivity index (χ0n) is 15.7. The molecule has 0 aliphatic carbocycles. The molecule has 29 heavy (non-hydrogen) atoms. The highest BCUT2D eigenvalue weighted by atomic mass is 19.1. The molecule has 5 heteroatoms. The Labute approximate surface area is 167 Å². The molecule has 0 atom stereocenters. The maximum absolute atomic E-state index is 13.8. The molecular weight excluding hydrogens is 369 g/mol. The lowest BCUT2D eigenvalue weighted by molar-refractivity contribution is 0.0997. The molecule has 0 amide bonds. The molecule has 0 unspecified atom stereocenters. The molecule has 3 aromatic carbocycles. The standard InChI is InChI=1S/C24H18FNO3/c1-15-11-12-17(13-19(15)25)20(27)14-26-22-18-9-5-6-10-21(18)29-24(22)23(28)16-7-3-2-4-8-16/h2-13,26H,14H2,1H3. The van der Waals surface area contributed by atoms with Gasteiger partial charge in [0.25, 0.3) is 0 Å². The van der Waals surface area contributed by atoms with Gasteiger partial charge in [0, 0.05) is 16.5 Å². The van der Waals surface area contributed by atoms with Crippen LogP contribution in [-0.4, -0.2) is 18.1 Å². The molecule has 0 saturated carbocycles. The molecule has 0 fully saturated rings. The van der Waals surface area contributed by atoms with Gasteiger partial charge in [-0.1, -0.05) is 54.6 Å². The van der Waals surface area contributed by atoms with Crippen LogP contribution in [0.2, 0.25) is 0 Å². The molecule has 0 spiro atoms. The van der Waals surface area contributed by atoms with E-state index >= 15 is 0 Å². The molecule has 4 rings (SSSR count). The summed E-state index contributed by atoms with van der Waals surface area (Å²) in [5.74, 6) is -0.852. The molecule has 1 aromatic heterocycles. The average Bonchev–Trinajstić information content (AvgIpc) is 3.12.